The van der Waals surface area contributed by atoms with Gasteiger partial charge in [0.15, 0.2) is 0 Å². The highest BCUT2D eigenvalue weighted by Gasteiger charge is 2.07. The number of benzene rings is 1. The number of phenolic OH excluding ortho intramolecular Hbond substituents is 1. The van der Waals surface area contributed by atoms with Crippen LogP contribution in [-0.2, 0) is 9.53 Å². The number of carbonyl (C=O) groups is 2. The van der Waals surface area contributed by atoms with E-state index < -0.39 is 0 Å². The average Bonchev–Trinajstić information content (AvgIpc) is 2.94. The Morgan fingerprint density at radius 1 is 0.769 bits per heavy atom. The summed E-state index contributed by atoms with van der Waals surface area (Å²) in [4.78, 5) is 23.8. The summed E-state index contributed by atoms with van der Waals surface area (Å²) in [6.07, 6.45) is 18.7. The molecule has 0 aliphatic carbocycles. The minimum absolute atomic E-state index is 0.160. The van der Waals surface area contributed by atoms with E-state index in [0.717, 1.165) is 57.1 Å². The largest absolute Gasteiger partial charge is 0.508 e. The van der Waals surface area contributed by atoms with Crippen LogP contribution in [0.3, 0.4) is 0 Å². The normalized spacial score (nSPS) is 11.6. The number of hydrogen-bond donors (Lipinski definition) is 4. The SMILES string of the molecule is CCCCCCCC(CC)OCCCNC(=O)NNC(=O)CCCCCCCCCCOc1ccc(O)cc1. The molecule has 0 fully saturated rings. The number of urea groups is 1. The first-order valence-electron chi connectivity index (χ1n) is 15.4. The lowest BCUT2D eigenvalue weighted by Crippen LogP contribution is -2.47. The fraction of sp³-hybridized carbons (Fsp3) is 0.742. The van der Waals surface area contributed by atoms with Gasteiger partial charge in [-0.05, 0) is 56.4 Å². The number of unbranched alkanes of at least 4 members (excludes halogenated alkanes) is 11. The number of amides is 3. The predicted octanol–water partition coefficient (Wildman–Crippen LogP) is 7.16. The van der Waals surface area contributed by atoms with Crippen molar-refractivity contribution in [2.24, 2.45) is 0 Å². The number of hydrogen-bond acceptors (Lipinski definition) is 5. The summed E-state index contributed by atoms with van der Waals surface area (Å²) in [5.74, 6) is 0.877. The third kappa shape index (κ3) is 21.1. The van der Waals surface area contributed by atoms with Crippen LogP contribution in [0.2, 0.25) is 0 Å². The summed E-state index contributed by atoms with van der Waals surface area (Å²) < 4.78 is 11.6. The monoisotopic (exact) mass is 549 g/mol. The molecule has 39 heavy (non-hydrogen) atoms. The van der Waals surface area contributed by atoms with Crippen LogP contribution in [-0.4, -0.2) is 42.9 Å². The number of rotatable bonds is 24. The topological polar surface area (TPSA) is 109 Å². The minimum atomic E-state index is -0.389. The molecule has 0 aliphatic heterocycles. The Balaban J connectivity index is 1.86. The highest BCUT2D eigenvalue weighted by molar-refractivity contribution is 5.80. The Labute approximate surface area is 237 Å². The Kier molecular flexibility index (Phi) is 21.7. The molecule has 0 spiro atoms. The molecule has 1 aromatic carbocycles. The third-order valence-corrected chi connectivity index (χ3v) is 6.76. The molecule has 3 amide bonds. The van der Waals surface area contributed by atoms with Crippen molar-refractivity contribution in [2.75, 3.05) is 19.8 Å². The zero-order valence-corrected chi connectivity index (χ0v) is 24.6. The molecule has 1 unspecified atom stereocenters. The minimum Gasteiger partial charge on any atom is -0.508 e. The molecule has 1 rings (SSSR count). The molecular weight excluding hydrogens is 494 g/mol. The van der Waals surface area contributed by atoms with Gasteiger partial charge in [0.1, 0.15) is 11.5 Å². The molecule has 0 bridgehead atoms. The zero-order chi connectivity index (χ0) is 28.4. The van der Waals surface area contributed by atoms with E-state index in [0.29, 0.717) is 32.3 Å². The van der Waals surface area contributed by atoms with E-state index in [2.05, 4.69) is 30.0 Å². The van der Waals surface area contributed by atoms with Crippen molar-refractivity contribution < 1.29 is 24.2 Å². The summed E-state index contributed by atoms with van der Waals surface area (Å²) in [5.41, 5.74) is 4.90. The number of phenols is 1. The number of nitrogens with one attached hydrogen (secondary N) is 3. The van der Waals surface area contributed by atoms with E-state index in [1.807, 2.05) is 0 Å². The molecule has 0 heterocycles. The van der Waals surface area contributed by atoms with Crippen LogP contribution in [0.5, 0.6) is 11.5 Å². The first-order chi connectivity index (χ1) is 19.0. The third-order valence-electron chi connectivity index (χ3n) is 6.76. The second-order valence-electron chi connectivity index (χ2n) is 10.3. The van der Waals surface area contributed by atoms with Gasteiger partial charge in [0, 0.05) is 19.6 Å². The fourth-order valence-electron chi connectivity index (χ4n) is 4.32. The van der Waals surface area contributed by atoms with E-state index in [9.17, 15) is 14.7 Å². The van der Waals surface area contributed by atoms with Gasteiger partial charge < -0.3 is 19.9 Å². The maximum atomic E-state index is 11.9. The Bertz CT molecular complexity index is 729. The van der Waals surface area contributed by atoms with E-state index in [-0.39, 0.29) is 17.7 Å². The summed E-state index contributed by atoms with van der Waals surface area (Å²) in [5, 5.41) is 12.0. The van der Waals surface area contributed by atoms with Crippen LogP contribution in [0.15, 0.2) is 24.3 Å². The van der Waals surface area contributed by atoms with Crippen molar-refractivity contribution in [3.05, 3.63) is 24.3 Å². The average molecular weight is 550 g/mol. The van der Waals surface area contributed by atoms with Crippen LogP contribution in [0.4, 0.5) is 4.79 Å². The molecule has 224 valence electrons. The molecule has 8 nitrogen and oxygen atoms in total. The van der Waals surface area contributed by atoms with Gasteiger partial charge in [-0.3, -0.25) is 10.2 Å². The molecule has 1 aromatic rings. The van der Waals surface area contributed by atoms with Gasteiger partial charge in [0.25, 0.3) is 0 Å². The Morgan fingerprint density at radius 3 is 2.10 bits per heavy atom. The van der Waals surface area contributed by atoms with Crippen LogP contribution in [0.1, 0.15) is 123 Å². The predicted molar refractivity (Wildman–Crippen MR) is 158 cm³/mol. The number of aromatic hydroxyl groups is 1. The lowest BCUT2D eigenvalue weighted by molar-refractivity contribution is -0.121. The smallest absolute Gasteiger partial charge is 0.333 e. The molecule has 0 aliphatic rings. The quantitative estimate of drug-likeness (QED) is 0.0808. The number of hydrazine groups is 1. The molecule has 0 saturated carbocycles. The maximum Gasteiger partial charge on any atom is 0.333 e. The van der Waals surface area contributed by atoms with Gasteiger partial charge in [-0.1, -0.05) is 84.5 Å². The van der Waals surface area contributed by atoms with Crippen molar-refractivity contribution in [1.82, 2.24) is 16.2 Å². The van der Waals surface area contributed by atoms with Crippen molar-refractivity contribution in [3.63, 3.8) is 0 Å². The van der Waals surface area contributed by atoms with Crippen LogP contribution < -0.4 is 20.9 Å². The fourth-order valence-corrected chi connectivity index (χ4v) is 4.32. The van der Waals surface area contributed by atoms with Crippen LogP contribution in [0, 0.1) is 0 Å². The van der Waals surface area contributed by atoms with Crippen molar-refractivity contribution in [1.29, 1.82) is 0 Å². The summed E-state index contributed by atoms with van der Waals surface area (Å²) >= 11 is 0. The second-order valence-corrected chi connectivity index (χ2v) is 10.3. The summed E-state index contributed by atoms with van der Waals surface area (Å²) in [6.45, 7) is 6.23. The van der Waals surface area contributed by atoms with E-state index in [1.54, 1.807) is 24.3 Å². The van der Waals surface area contributed by atoms with E-state index >= 15 is 0 Å². The Hall–Kier alpha value is -2.48. The van der Waals surface area contributed by atoms with E-state index in [4.69, 9.17) is 9.47 Å². The Morgan fingerprint density at radius 2 is 1.41 bits per heavy atom. The molecule has 0 aromatic heterocycles. The maximum absolute atomic E-state index is 11.9. The standard InChI is InChI=1S/C31H55N3O5/c1-3-5-6-11-14-18-28(4-2)38-26-17-24-32-31(37)34-33-30(36)19-15-12-9-7-8-10-13-16-25-39-29-22-20-27(35)21-23-29/h20-23,28,35H,3-19,24-26H2,1-2H3,(H,33,36)(H2,32,34,37). The lowest BCUT2D eigenvalue weighted by atomic mass is 10.1. The summed E-state index contributed by atoms with van der Waals surface area (Å²) in [7, 11) is 0. The second kappa shape index (κ2) is 24.6. The highest BCUT2D eigenvalue weighted by Crippen LogP contribution is 2.17. The van der Waals surface area contributed by atoms with E-state index in [1.165, 1.54) is 51.4 Å². The number of ether oxygens (including phenoxy) is 2. The van der Waals surface area contributed by atoms with Crippen molar-refractivity contribution in [3.8, 4) is 11.5 Å². The zero-order valence-electron chi connectivity index (χ0n) is 24.6. The number of carbonyl (C=O) groups excluding carboxylic acids is 2. The summed E-state index contributed by atoms with van der Waals surface area (Å²) in [6, 6.07) is 6.42. The van der Waals surface area contributed by atoms with Gasteiger partial charge in [-0.15, -0.1) is 0 Å². The van der Waals surface area contributed by atoms with Gasteiger partial charge in [-0.2, -0.15) is 0 Å². The van der Waals surface area contributed by atoms with Gasteiger partial charge in [-0.25, -0.2) is 10.2 Å². The van der Waals surface area contributed by atoms with Gasteiger partial charge >= 0.3 is 6.03 Å². The van der Waals surface area contributed by atoms with Crippen LogP contribution >= 0.6 is 0 Å². The molecule has 0 radical (unpaired) electrons. The first-order valence-corrected chi connectivity index (χ1v) is 15.4. The molecule has 8 heteroatoms. The van der Waals surface area contributed by atoms with Crippen molar-refractivity contribution in [2.45, 2.75) is 129 Å². The molecule has 0 saturated heterocycles. The van der Waals surface area contributed by atoms with Crippen LogP contribution in [0.25, 0.3) is 0 Å². The van der Waals surface area contributed by atoms with Gasteiger partial charge in [0.2, 0.25) is 5.91 Å². The molecule has 1 atom stereocenters. The molecule has 4 N–H and O–H groups in total. The molecular formula is C31H55N3O5. The highest BCUT2D eigenvalue weighted by atomic mass is 16.5. The van der Waals surface area contributed by atoms with Crippen molar-refractivity contribution >= 4 is 11.9 Å². The van der Waals surface area contributed by atoms with Gasteiger partial charge in [0.05, 0.1) is 12.7 Å². The lowest BCUT2D eigenvalue weighted by Gasteiger charge is -2.16. The first kappa shape index (κ1) is 34.5.